The number of nitrogens with zero attached hydrogens (tertiary/aromatic N) is 2. The van der Waals surface area contributed by atoms with Gasteiger partial charge in [0.25, 0.3) is 0 Å². The lowest BCUT2D eigenvalue weighted by molar-refractivity contribution is 0.129. The number of hydrogen-bond acceptors (Lipinski definition) is 3. The Kier molecular flexibility index (Phi) is 3.59. The molecule has 1 atom stereocenters. The van der Waals surface area contributed by atoms with Gasteiger partial charge in [-0.25, -0.2) is 4.98 Å². The molecule has 1 fully saturated rings. The van der Waals surface area contributed by atoms with Gasteiger partial charge in [0.1, 0.15) is 5.82 Å². The van der Waals surface area contributed by atoms with Gasteiger partial charge in [-0.05, 0) is 34.0 Å². The van der Waals surface area contributed by atoms with Gasteiger partial charge in [-0.1, -0.05) is 6.92 Å². The average molecular weight is 271 g/mol. The summed E-state index contributed by atoms with van der Waals surface area (Å²) in [4.78, 5) is 6.68. The Hall–Kier alpha value is -0.610. The molecule has 1 aromatic heterocycles. The number of rotatable bonds is 1. The molecule has 1 aromatic rings. The highest BCUT2D eigenvalue weighted by Gasteiger charge is 2.17. The Morgan fingerprint density at radius 2 is 2.47 bits per heavy atom. The minimum atomic E-state index is 0.557. The molecule has 0 aromatic carbocycles. The first-order valence-electron chi connectivity index (χ1n) is 5.20. The monoisotopic (exact) mass is 270 g/mol. The maximum Gasteiger partial charge on any atom is 0.142 e. The molecule has 0 N–H and O–H groups in total. The van der Waals surface area contributed by atoms with E-state index in [1.807, 2.05) is 18.3 Å². The van der Waals surface area contributed by atoms with Gasteiger partial charge in [-0.3, -0.25) is 0 Å². The van der Waals surface area contributed by atoms with Gasteiger partial charge < -0.3 is 9.64 Å². The SMILES string of the molecule is CC1COCCN(c2ncccc2Br)C1. The third-order valence-corrected chi connectivity index (χ3v) is 3.10. The van der Waals surface area contributed by atoms with Gasteiger partial charge in [-0.2, -0.15) is 0 Å². The molecule has 0 bridgehead atoms. The van der Waals surface area contributed by atoms with Crippen LogP contribution in [-0.4, -0.2) is 31.3 Å². The van der Waals surface area contributed by atoms with Gasteiger partial charge in [0.05, 0.1) is 17.7 Å². The van der Waals surface area contributed by atoms with Crippen LogP contribution in [0.5, 0.6) is 0 Å². The predicted octanol–water partition coefficient (Wildman–Crippen LogP) is 2.32. The van der Waals surface area contributed by atoms with Crippen LogP contribution < -0.4 is 4.90 Å². The van der Waals surface area contributed by atoms with Gasteiger partial charge in [0.2, 0.25) is 0 Å². The highest BCUT2D eigenvalue weighted by atomic mass is 79.9. The minimum Gasteiger partial charge on any atom is -0.379 e. The molecule has 2 heterocycles. The number of halogens is 1. The molecule has 4 heteroatoms. The number of ether oxygens (including phenoxy) is 1. The summed E-state index contributed by atoms with van der Waals surface area (Å²) < 4.78 is 6.57. The van der Waals surface area contributed by atoms with Crippen molar-refractivity contribution in [3.05, 3.63) is 22.8 Å². The summed E-state index contributed by atoms with van der Waals surface area (Å²) in [5.74, 6) is 1.58. The van der Waals surface area contributed by atoms with Crippen LogP contribution in [-0.2, 0) is 4.74 Å². The summed E-state index contributed by atoms with van der Waals surface area (Å²) in [5.41, 5.74) is 0. The molecule has 82 valence electrons. The molecule has 0 spiro atoms. The molecule has 1 aliphatic heterocycles. The van der Waals surface area contributed by atoms with E-state index in [2.05, 4.69) is 32.7 Å². The first kappa shape index (κ1) is 10.9. The van der Waals surface area contributed by atoms with E-state index in [9.17, 15) is 0 Å². The number of hydrogen-bond donors (Lipinski definition) is 0. The molecule has 15 heavy (non-hydrogen) atoms. The topological polar surface area (TPSA) is 25.4 Å². The fourth-order valence-corrected chi connectivity index (χ4v) is 2.29. The van der Waals surface area contributed by atoms with Crippen LogP contribution in [0.4, 0.5) is 5.82 Å². The minimum absolute atomic E-state index is 0.557. The van der Waals surface area contributed by atoms with Crippen LogP contribution in [0.1, 0.15) is 6.92 Å². The zero-order valence-corrected chi connectivity index (χ0v) is 10.4. The van der Waals surface area contributed by atoms with E-state index in [-0.39, 0.29) is 0 Å². The summed E-state index contributed by atoms with van der Waals surface area (Å²) in [7, 11) is 0. The van der Waals surface area contributed by atoms with Crippen molar-refractivity contribution in [3.63, 3.8) is 0 Å². The van der Waals surface area contributed by atoms with Gasteiger partial charge in [-0.15, -0.1) is 0 Å². The summed E-state index contributed by atoms with van der Waals surface area (Å²) >= 11 is 3.53. The van der Waals surface area contributed by atoms with Crippen molar-refractivity contribution < 1.29 is 4.74 Å². The maximum absolute atomic E-state index is 5.51. The molecule has 1 unspecified atom stereocenters. The van der Waals surface area contributed by atoms with Crippen LogP contribution in [0.2, 0.25) is 0 Å². The first-order valence-corrected chi connectivity index (χ1v) is 6.00. The zero-order chi connectivity index (χ0) is 10.7. The highest BCUT2D eigenvalue weighted by Crippen LogP contribution is 2.24. The summed E-state index contributed by atoms with van der Waals surface area (Å²) in [5, 5.41) is 0. The van der Waals surface area contributed by atoms with Crippen molar-refractivity contribution in [2.75, 3.05) is 31.2 Å². The lowest BCUT2D eigenvalue weighted by Crippen LogP contribution is -2.29. The second-order valence-electron chi connectivity index (χ2n) is 3.93. The molecule has 0 radical (unpaired) electrons. The molecule has 1 saturated heterocycles. The lowest BCUT2D eigenvalue weighted by Gasteiger charge is -2.23. The van der Waals surface area contributed by atoms with E-state index in [4.69, 9.17) is 4.74 Å². The molecule has 0 amide bonds. The van der Waals surface area contributed by atoms with Crippen molar-refractivity contribution in [2.24, 2.45) is 5.92 Å². The Morgan fingerprint density at radius 1 is 1.60 bits per heavy atom. The number of anilines is 1. The van der Waals surface area contributed by atoms with Crippen LogP contribution in [0.3, 0.4) is 0 Å². The smallest absolute Gasteiger partial charge is 0.142 e. The second kappa shape index (κ2) is 4.94. The maximum atomic E-state index is 5.51. The Labute approximate surface area is 98.6 Å². The van der Waals surface area contributed by atoms with E-state index in [0.717, 1.165) is 36.6 Å². The summed E-state index contributed by atoms with van der Waals surface area (Å²) in [6.45, 7) is 5.76. The molecule has 1 aliphatic rings. The molecular weight excluding hydrogens is 256 g/mol. The van der Waals surface area contributed by atoms with E-state index in [1.54, 1.807) is 0 Å². The van der Waals surface area contributed by atoms with Gasteiger partial charge in [0, 0.05) is 19.3 Å². The van der Waals surface area contributed by atoms with Crippen molar-refractivity contribution in [1.29, 1.82) is 0 Å². The number of pyridine rings is 1. The molecular formula is C11H15BrN2O. The fourth-order valence-electron chi connectivity index (χ4n) is 1.78. The second-order valence-corrected chi connectivity index (χ2v) is 4.79. The first-order chi connectivity index (χ1) is 7.27. The van der Waals surface area contributed by atoms with Crippen molar-refractivity contribution in [2.45, 2.75) is 6.92 Å². The number of aromatic nitrogens is 1. The van der Waals surface area contributed by atoms with E-state index in [1.165, 1.54) is 0 Å². The van der Waals surface area contributed by atoms with E-state index >= 15 is 0 Å². The standard InChI is InChI=1S/C11H15BrN2O/c1-9-7-14(5-6-15-8-9)11-10(12)3-2-4-13-11/h2-4,9H,5-8H2,1H3. The average Bonchev–Trinajstić information content (AvgIpc) is 2.43. The van der Waals surface area contributed by atoms with Crippen molar-refractivity contribution in [3.8, 4) is 0 Å². The van der Waals surface area contributed by atoms with Gasteiger partial charge >= 0.3 is 0 Å². The summed E-state index contributed by atoms with van der Waals surface area (Å²) in [6, 6.07) is 3.96. The summed E-state index contributed by atoms with van der Waals surface area (Å²) in [6.07, 6.45) is 1.83. The van der Waals surface area contributed by atoms with E-state index < -0.39 is 0 Å². The molecule has 0 aliphatic carbocycles. The predicted molar refractivity (Wildman–Crippen MR) is 64.1 cm³/mol. The van der Waals surface area contributed by atoms with Crippen molar-refractivity contribution >= 4 is 21.7 Å². The van der Waals surface area contributed by atoms with Crippen LogP contribution in [0.25, 0.3) is 0 Å². The van der Waals surface area contributed by atoms with Crippen molar-refractivity contribution in [1.82, 2.24) is 4.98 Å². The molecule has 3 nitrogen and oxygen atoms in total. The molecule has 2 rings (SSSR count). The van der Waals surface area contributed by atoms with Crippen LogP contribution in [0, 0.1) is 5.92 Å². The Bertz CT molecular complexity index is 332. The lowest BCUT2D eigenvalue weighted by atomic mass is 10.2. The van der Waals surface area contributed by atoms with Gasteiger partial charge in [0.15, 0.2) is 0 Å². The normalized spacial score (nSPS) is 22.5. The highest BCUT2D eigenvalue weighted by molar-refractivity contribution is 9.10. The van der Waals surface area contributed by atoms with E-state index in [0.29, 0.717) is 5.92 Å². The fraction of sp³-hybridized carbons (Fsp3) is 0.545. The van der Waals surface area contributed by atoms with Crippen LogP contribution >= 0.6 is 15.9 Å². The quantitative estimate of drug-likeness (QED) is 0.783. The largest absolute Gasteiger partial charge is 0.379 e. The third-order valence-electron chi connectivity index (χ3n) is 2.48. The third kappa shape index (κ3) is 2.69. The molecule has 0 saturated carbocycles. The Morgan fingerprint density at radius 3 is 3.27 bits per heavy atom. The van der Waals surface area contributed by atoms with Crippen LogP contribution in [0.15, 0.2) is 22.8 Å². The Balaban J connectivity index is 2.18. The zero-order valence-electron chi connectivity index (χ0n) is 8.82.